The molecule has 1 spiro atoms. The normalized spacial score (nSPS) is 19.5. The zero-order valence-corrected chi connectivity index (χ0v) is 16.9. The van der Waals surface area contributed by atoms with Crippen LogP contribution in [-0.4, -0.2) is 45.7 Å². The van der Waals surface area contributed by atoms with Gasteiger partial charge in [-0.15, -0.1) is 0 Å². The van der Waals surface area contributed by atoms with Gasteiger partial charge in [-0.25, -0.2) is 4.98 Å². The van der Waals surface area contributed by atoms with Crippen LogP contribution in [-0.2, 0) is 4.74 Å². The van der Waals surface area contributed by atoms with E-state index in [0.717, 1.165) is 67.3 Å². The number of piperidine rings is 1. The van der Waals surface area contributed by atoms with Crippen molar-refractivity contribution in [2.75, 3.05) is 31.2 Å². The molecule has 1 N–H and O–H groups in total. The minimum absolute atomic E-state index is 0.0453. The van der Waals surface area contributed by atoms with Gasteiger partial charge in [-0.1, -0.05) is 11.8 Å². The molecule has 2 aliphatic rings. The van der Waals surface area contributed by atoms with Crippen molar-refractivity contribution in [1.29, 1.82) is 0 Å². The van der Waals surface area contributed by atoms with Crippen LogP contribution in [0.4, 0.5) is 5.95 Å². The first-order chi connectivity index (χ1) is 13.4. The van der Waals surface area contributed by atoms with Gasteiger partial charge in [-0.2, -0.15) is 4.98 Å². The van der Waals surface area contributed by atoms with Crippen LogP contribution < -0.4 is 4.90 Å². The first kappa shape index (κ1) is 17.6. The highest BCUT2D eigenvalue weighted by Crippen LogP contribution is 2.40. The summed E-state index contributed by atoms with van der Waals surface area (Å²) in [7, 11) is 0. The van der Waals surface area contributed by atoms with Crippen LogP contribution in [0.1, 0.15) is 45.6 Å². The largest absolute Gasteiger partial charge is 0.381 e. The monoisotopic (exact) mass is 377 g/mol. The van der Waals surface area contributed by atoms with Gasteiger partial charge in [0.1, 0.15) is 5.65 Å². The molecule has 28 heavy (non-hydrogen) atoms. The molecule has 0 amide bonds. The number of hydrogen-bond acceptors (Lipinski definition) is 4. The second-order valence-corrected chi connectivity index (χ2v) is 9.25. The van der Waals surface area contributed by atoms with E-state index in [1.54, 1.807) is 0 Å². The van der Waals surface area contributed by atoms with Gasteiger partial charge in [0.2, 0.25) is 5.95 Å². The summed E-state index contributed by atoms with van der Waals surface area (Å²) < 4.78 is 7.79. The summed E-state index contributed by atoms with van der Waals surface area (Å²) in [5, 5.41) is 1.00. The molecule has 6 nitrogen and oxygen atoms in total. The van der Waals surface area contributed by atoms with E-state index in [4.69, 9.17) is 9.72 Å². The third kappa shape index (κ3) is 2.94. The smallest absolute Gasteiger partial charge is 0.213 e. The number of aromatic nitrogens is 4. The van der Waals surface area contributed by atoms with Crippen molar-refractivity contribution in [2.45, 2.75) is 40.0 Å². The number of nitrogens with one attached hydrogen (secondary N) is 1. The maximum absolute atomic E-state index is 5.68. The average Bonchev–Trinajstić information content (AvgIpc) is 3.39. The van der Waals surface area contributed by atoms with Gasteiger partial charge in [-0.3, -0.25) is 4.40 Å². The molecular weight excluding hydrogens is 350 g/mol. The topological polar surface area (TPSA) is 58.5 Å². The molecule has 0 radical (unpaired) electrons. The Morgan fingerprint density at radius 3 is 2.75 bits per heavy atom. The Hall–Kier alpha value is -2.52. The summed E-state index contributed by atoms with van der Waals surface area (Å²) in [4.78, 5) is 15.3. The Labute approximate surface area is 165 Å². The zero-order chi connectivity index (χ0) is 19.4. The minimum Gasteiger partial charge on any atom is -0.381 e. The first-order valence-electron chi connectivity index (χ1n) is 10.1. The van der Waals surface area contributed by atoms with E-state index in [2.05, 4.69) is 51.9 Å². The highest BCUT2D eigenvalue weighted by atomic mass is 16.5. The Morgan fingerprint density at radius 2 is 2.04 bits per heavy atom. The first-order valence-corrected chi connectivity index (χ1v) is 10.1. The number of rotatable bonds is 1. The highest BCUT2D eigenvalue weighted by Gasteiger charge is 2.38. The van der Waals surface area contributed by atoms with Crippen molar-refractivity contribution in [1.82, 2.24) is 19.4 Å². The molecule has 2 aliphatic heterocycles. The predicted octanol–water partition coefficient (Wildman–Crippen LogP) is 3.62. The molecule has 0 bridgehead atoms. The van der Waals surface area contributed by atoms with Gasteiger partial charge in [0.25, 0.3) is 0 Å². The third-order valence-electron chi connectivity index (χ3n) is 6.02. The number of fused-ring (bicyclic) bond motifs is 3. The van der Waals surface area contributed by atoms with Crippen molar-refractivity contribution in [3.05, 3.63) is 24.2 Å². The molecule has 0 saturated carbocycles. The predicted molar refractivity (Wildman–Crippen MR) is 110 cm³/mol. The quantitative estimate of drug-likeness (QED) is 0.658. The van der Waals surface area contributed by atoms with Crippen LogP contribution in [0, 0.1) is 22.7 Å². The van der Waals surface area contributed by atoms with Crippen LogP contribution >= 0.6 is 0 Å². The Kier molecular flexibility index (Phi) is 3.92. The lowest BCUT2D eigenvalue weighted by atomic mass is 9.78. The standard InChI is InChI=1S/C22H27N5O/c1-21(2,3)5-4-16-14-24-18-17(16)19-23-9-12-27(19)20(25-18)26-10-6-22(7-11-26)8-13-28-15-22/h9,12,14,24H,6-8,10-11,13,15H2,1-3H3. The van der Waals surface area contributed by atoms with Crippen LogP contribution in [0.15, 0.2) is 18.6 Å². The van der Waals surface area contributed by atoms with E-state index < -0.39 is 0 Å². The van der Waals surface area contributed by atoms with E-state index in [-0.39, 0.29) is 5.41 Å². The van der Waals surface area contributed by atoms with Crippen molar-refractivity contribution in [3.8, 4) is 11.8 Å². The molecule has 5 heterocycles. The summed E-state index contributed by atoms with van der Waals surface area (Å²) >= 11 is 0. The SMILES string of the molecule is CC(C)(C)C#Cc1c[nH]c2nc(N3CCC4(CCOC4)CC3)n3ccnc3c12. The Morgan fingerprint density at radius 1 is 1.21 bits per heavy atom. The van der Waals surface area contributed by atoms with Crippen LogP contribution in [0.5, 0.6) is 0 Å². The Balaban J connectivity index is 1.54. The highest BCUT2D eigenvalue weighted by molar-refractivity contribution is 5.96. The van der Waals surface area contributed by atoms with Crippen molar-refractivity contribution in [3.63, 3.8) is 0 Å². The maximum Gasteiger partial charge on any atom is 0.213 e. The van der Waals surface area contributed by atoms with E-state index in [1.807, 2.05) is 18.6 Å². The molecule has 0 aromatic carbocycles. The number of ether oxygens (including phenoxy) is 1. The molecule has 146 valence electrons. The van der Waals surface area contributed by atoms with Crippen molar-refractivity contribution in [2.24, 2.45) is 10.8 Å². The minimum atomic E-state index is -0.0453. The summed E-state index contributed by atoms with van der Waals surface area (Å²) in [6.45, 7) is 10.2. The van der Waals surface area contributed by atoms with Gasteiger partial charge < -0.3 is 14.6 Å². The molecule has 5 rings (SSSR count). The maximum atomic E-state index is 5.68. The lowest BCUT2D eigenvalue weighted by molar-refractivity contribution is 0.133. The lowest BCUT2D eigenvalue weighted by Gasteiger charge is -2.38. The van der Waals surface area contributed by atoms with Gasteiger partial charge in [-0.05, 0) is 45.4 Å². The lowest BCUT2D eigenvalue weighted by Crippen LogP contribution is -2.41. The summed E-state index contributed by atoms with van der Waals surface area (Å²) in [6.07, 6.45) is 9.33. The molecule has 3 aromatic heterocycles. The third-order valence-corrected chi connectivity index (χ3v) is 6.02. The number of nitrogens with zero attached hydrogens (tertiary/aromatic N) is 4. The van der Waals surface area contributed by atoms with E-state index in [1.165, 1.54) is 6.42 Å². The average molecular weight is 377 g/mol. The molecule has 6 heteroatoms. The molecule has 0 aliphatic carbocycles. The second kappa shape index (κ2) is 6.25. The van der Waals surface area contributed by atoms with Gasteiger partial charge in [0.05, 0.1) is 17.6 Å². The molecule has 2 saturated heterocycles. The molecule has 2 fully saturated rings. The number of imidazole rings is 1. The second-order valence-electron chi connectivity index (χ2n) is 9.25. The number of aromatic amines is 1. The Bertz CT molecular complexity index is 1080. The molecule has 0 atom stereocenters. The van der Waals surface area contributed by atoms with Crippen LogP contribution in [0.2, 0.25) is 0 Å². The van der Waals surface area contributed by atoms with Gasteiger partial charge in [0, 0.05) is 43.7 Å². The van der Waals surface area contributed by atoms with Gasteiger partial charge >= 0.3 is 0 Å². The summed E-state index contributed by atoms with van der Waals surface area (Å²) in [6, 6.07) is 0. The summed E-state index contributed by atoms with van der Waals surface area (Å²) in [5.74, 6) is 7.61. The summed E-state index contributed by atoms with van der Waals surface area (Å²) in [5.41, 5.74) is 3.08. The van der Waals surface area contributed by atoms with E-state index in [9.17, 15) is 0 Å². The van der Waals surface area contributed by atoms with Crippen molar-refractivity contribution >= 4 is 22.6 Å². The molecular formula is C22H27N5O. The molecule has 3 aromatic rings. The number of H-pyrrole nitrogens is 1. The fraction of sp³-hybridized carbons (Fsp3) is 0.545. The van der Waals surface area contributed by atoms with Crippen LogP contribution in [0.3, 0.4) is 0 Å². The molecule has 0 unspecified atom stereocenters. The van der Waals surface area contributed by atoms with E-state index in [0.29, 0.717) is 5.41 Å². The van der Waals surface area contributed by atoms with Crippen molar-refractivity contribution < 1.29 is 4.74 Å². The number of anilines is 1. The van der Waals surface area contributed by atoms with E-state index >= 15 is 0 Å². The van der Waals surface area contributed by atoms with Crippen LogP contribution in [0.25, 0.3) is 16.7 Å². The fourth-order valence-corrected chi connectivity index (χ4v) is 4.33. The van der Waals surface area contributed by atoms with Gasteiger partial charge in [0.15, 0.2) is 5.65 Å². The number of hydrogen-bond donors (Lipinski definition) is 1. The zero-order valence-electron chi connectivity index (χ0n) is 16.9. The fourth-order valence-electron chi connectivity index (χ4n) is 4.33.